The van der Waals surface area contributed by atoms with Crippen LogP contribution in [-0.4, -0.2) is 65.9 Å². The fraction of sp³-hybridized carbons (Fsp3) is 0.667. The summed E-state index contributed by atoms with van der Waals surface area (Å²) in [5, 5.41) is 11.8. The molecule has 0 aliphatic heterocycles. The molecule has 0 spiro atoms. The molecular formula is C12H23NO7Si. The minimum absolute atomic E-state index is 0.0217. The number of amides is 1. The number of esters is 1. The maximum atomic E-state index is 11.3. The zero-order chi connectivity index (χ0) is 16.1. The van der Waals surface area contributed by atoms with Gasteiger partial charge in [0.15, 0.2) is 0 Å². The maximum Gasteiger partial charge on any atom is 0.407 e. The molecule has 0 unspecified atom stereocenters. The Morgan fingerprint density at radius 1 is 1.24 bits per heavy atom. The van der Waals surface area contributed by atoms with Crippen LogP contribution in [0.15, 0.2) is 12.7 Å². The summed E-state index contributed by atoms with van der Waals surface area (Å²) in [6.07, 6.45) is 0.882. The van der Waals surface area contributed by atoms with Crippen molar-refractivity contribution < 1.29 is 33.0 Å². The van der Waals surface area contributed by atoms with Gasteiger partial charge in [0.05, 0.1) is 6.23 Å². The van der Waals surface area contributed by atoms with Crippen LogP contribution in [0.3, 0.4) is 0 Å². The first-order valence-electron chi connectivity index (χ1n) is 6.44. The number of nitrogens with one attached hydrogen (secondary N) is 1. The van der Waals surface area contributed by atoms with E-state index in [9.17, 15) is 14.7 Å². The van der Waals surface area contributed by atoms with Gasteiger partial charge in [-0.3, -0.25) is 0 Å². The third-order valence-corrected chi connectivity index (χ3v) is 5.80. The van der Waals surface area contributed by atoms with Crippen LogP contribution in [0.1, 0.15) is 6.42 Å². The Kier molecular flexibility index (Phi) is 10.5. The predicted octanol–water partition coefficient (Wildman–Crippen LogP) is 0.0984. The van der Waals surface area contributed by atoms with Crippen LogP contribution in [0.5, 0.6) is 0 Å². The molecule has 0 aromatic heterocycles. The van der Waals surface area contributed by atoms with Crippen molar-refractivity contribution in [2.45, 2.75) is 12.5 Å². The van der Waals surface area contributed by atoms with Crippen LogP contribution in [0, 0.1) is 0 Å². The number of carbonyl (C=O) groups excluding carboxylic acids is 2. The minimum Gasteiger partial charge on any atom is -0.459 e. The average Bonchev–Trinajstić information content (AvgIpc) is 2.52. The summed E-state index contributed by atoms with van der Waals surface area (Å²) < 4.78 is 19.9. The van der Waals surface area contributed by atoms with Crippen molar-refractivity contribution in [2.75, 3.05) is 40.2 Å². The summed E-state index contributed by atoms with van der Waals surface area (Å²) in [5.74, 6) is -0.566. The lowest BCUT2D eigenvalue weighted by Gasteiger charge is -2.24. The highest BCUT2D eigenvalue weighted by molar-refractivity contribution is 6.67. The summed E-state index contributed by atoms with van der Waals surface area (Å²) >= 11 is 0. The number of hydrogen-bond acceptors (Lipinski definition) is 7. The van der Waals surface area contributed by atoms with Crippen molar-refractivity contribution in [3.05, 3.63) is 12.7 Å². The lowest BCUT2D eigenvalue weighted by atomic mass is 10.5. The van der Waals surface area contributed by atoms with Gasteiger partial charge in [-0.25, -0.2) is 9.59 Å². The van der Waals surface area contributed by atoms with Gasteiger partial charge in [-0.15, -0.1) is 0 Å². The fourth-order valence-corrected chi connectivity index (χ4v) is 3.14. The molecule has 21 heavy (non-hydrogen) atoms. The molecule has 2 N–H and O–H groups in total. The first kappa shape index (κ1) is 19.6. The van der Waals surface area contributed by atoms with Crippen molar-refractivity contribution >= 4 is 20.6 Å². The number of hydrogen-bond donors (Lipinski definition) is 2. The highest BCUT2D eigenvalue weighted by atomic mass is 28.4. The molecule has 0 bridgehead atoms. The van der Waals surface area contributed by atoms with E-state index in [1.54, 1.807) is 0 Å². The van der Waals surface area contributed by atoms with Crippen molar-refractivity contribution in [1.29, 1.82) is 0 Å². The summed E-state index contributed by atoms with van der Waals surface area (Å²) in [6, 6.07) is 0.549. The first-order valence-corrected chi connectivity index (χ1v) is 8.67. The van der Waals surface area contributed by atoms with Crippen LogP contribution < -0.4 is 5.32 Å². The zero-order valence-corrected chi connectivity index (χ0v) is 13.4. The molecule has 0 atom stereocenters. The monoisotopic (exact) mass is 321 g/mol. The largest absolute Gasteiger partial charge is 0.459 e. The number of aliphatic hydroxyl groups is 1. The van der Waals surface area contributed by atoms with E-state index < -0.39 is 20.6 Å². The van der Waals surface area contributed by atoms with E-state index in [-0.39, 0.29) is 19.4 Å². The van der Waals surface area contributed by atoms with Crippen molar-refractivity contribution in [2.24, 2.45) is 0 Å². The highest BCUT2D eigenvalue weighted by Crippen LogP contribution is 2.12. The van der Waals surface area contributed by atoms with Gasteiger partial charge in [0.1, 0.15) is 13.2 Å². The van der Waals surface area contributed by atoms with Gasteiger partial charge in [0.2, 0.25) is 0 Å². The van der Waals surface area contributed by atoms with Crippen molar-refractivity contribution in [3.63, 3.8) is 0 Å². The van der Waals surface area contributed by atoms with Crippen LogP contribution in [-0.2, 0) is 23.1 Å². The first-order chi connectivity index (χ1) is 10.0. The second-order valence-electron chi connectivity index (χ2n) is 4.01. The molecule has 0 saturated heterocycles. The third-order valence-electron chi connectivity index (χ3n) is 2.72. The van der Waals surface area contributed by atoms with Gasteiger partial charge >= 0.3 is 20.6 Å². The second kappa shape index (κ2) is 11.3. The lowest BCUT2D eigenvalue weighted by Crippen LogP contribution is -2.45. The number of rotatable bonds is 11. The Hall–Kier alpha value is -1.42. The summed E-state index contributed by atoms with van der Waals surface area (Å²) in [5.41, 5.74) is 0. The van der Waals surface area contributed by atoms with Crippen LogP contribution in [0.25, 0.3) is 0 Å². The molecule has 0 aliphatic rings. The average molecular weight is 321 g/mol. The summed E-state index contributed by atoms with van der Waals surface area (Å²) in [7, 11) is 0.455. The molecule has 0 aliphatic carbocycles. The van der Waals surface area contributed by atoms with Crippen LogP contribution >= 0.6 is 0 Å². The Labute approximate surface area is 125 Å². The van der Waals surface area contributed by atoms with Crippen LogP contribution in [0.2, 0.25) is 6.04 Å². The van der Waals surface area contributed by atoms with E-state index in [0.717, 1.165) is 6.08 Å². The SMILES string of the molecule is C=CC(=O)OCCOC(=O)NCCC[Si](CO)(OC)OC. The smallest absolute Gasteiger partial charge is 0.407 e. The van der Waals surface area contributed by atoms with Gasteiger partial charge in [-0.2, -0.15) is 0 Å². The van der Waals surface area contributed by atoms with Crippen LogP contribution in [0.4, 0.5) is 4.79 Å². The molecule has 122 valence electrons. The van der Waals surface area contributed by atoms with Crippen molar-refractivity contribution in [3.8, 4) is 0 Å². The Morgan fingerprint density at radius 3 is 2.38 bits per heavy atom. The maximum absolute atomic E-state index is 11.3. The summed E-state index contributed by atoms with van der Waals surface area (Å²) in [4.78, 5) is 22.0. The van der Waals surface area contributed by atoms with Gasteiger partial charge in [-0.1, -0.05) is 6.58 Å². The molecule has 0 fully saturated rings. The molecule has 0 aromatic rings. The molecule has 0 aromatic carbocycles. The van der Waals surface area contributed by atoms with Crippen molar-refractivity contribution in [1.82, 2.24) is 5.32 Å². The lowest BCUT2D eigenvalue weighted by molar-refractivity contribution is -0.138. The molecule has 0 saturated carbocycles. The zero-order valence-electron chi connectivity index (χ0n) is 12.4. The van der Waals surface area contributed by atoms with E-state index in [2.05, 4.69) is 16.6 Å². The Balaban J connectivity index is 3.70. The minimum atomic E-state index is -2.54. The molecule has 0 heterocycles. The highest BCUT2D eigenvalue weighted by Gasteiger charge is 2.34. The van der Waals surface area contributed by atoms with E-state index in [4.69, 9.17) is 13.6 Å². The normalized spacial score (nSPS) is 10.8. The predicted molar refractivity (Wildman–Crippen MR) is 76.8 cm³/mol. The molecule has 8 nitrogen and oxygen atoms in total. The van der Waals surface area contributed by atoms with Gasteiger partial charge in [0.25, 0.3) is 0 Å². The Bertz CT molecular complexity index is 325. The number of alkyl carbamates (subject to hydrolysis) is 1. The van der Waals surface area contributed by atoms with Gasteiger partial charge < -0.3 is 28.7 Å². The number of ether oxygens (including phenoxy) is 2. The van der Waals surface area contributed by atoms with E-state index in [0.29, 0.717) is 19.0 Å². The molecule has 9 heteroatoms. The summed E-state index contributed by atoms with van der Waals surface area (Å²) in [6.45, 7) is 3.55. The standard InChI is InChI=1S/C12H23NO7Si/c1-4-11(15)19-7-8-20-12(16)13-6-5-9-21(10-14,17-2)18-3/h4,14H,1,5-10H2,2-3H3,(H,13,16). The molecular weight excluding hydrogens is 298 g/mol. The fourth-order valence-electron chi connectivity index (χ4n) is 1.43. The van der Waals surface area contributed by atoms with E-state index in [1.165, 1.54) is 14.2 Å². The number of aliphatic hydroxyl groups excluding tert-OH is 1. The molecule has 0 radical (unpaired) electrons. The third kappa shape index (κ3) is 8.45. The topological polar surface area (TPSA) is 103 Å². The molecule has 0 rings (SSSR count). The Morgan fingerprint density at radius 2 is 1.86 bits per heavy atom. The van der Waals surface area contributed by atoms with Gasteiger partial charge in [0, 0.05) is 26.8 Å². The number of carbonyl (C=O) groups is 2. The molecule has 1 amide bonds. The van der Waals surface area contributed by atoms with E-state index >= 15 is 0 Å². The van der Waals surface area contributed by atoms with Gasteiger partial charge in [-0.05, 0) is 12.5 Å². The second-order valence-corrected chi connectivity index (χ2v) is 7.47. The van der Waals surface area contributed by atoms with E-state index in [1.807, 2.05) is 0 Å². The quantitative estimate of drug-likeness (QED) is 0.241.